The summed E-state index contributed by atoms with van der Waals surface area (Å²) in [6.45, 7) is -0.620. The molecule has 0 spiro atoms. The van der Waals surface area contributed by atoms with Crippen LogP contribution < -0.4 is 0 Å². The first-order chi connectivity index (χ1) is 11.6. The Hall–Kier alpha value is -2.02. The number of carbonyl (C=O) groups is 3. The van der Waals surface area contributed by atoms with Gasteiger partial charge in [-0.3, -0.25) is 14.2 Å². The number of amides is 5. The molecular weight excluding hydrogens is 363 g/mol. The summed E-state index contributed by atoms with van der Waals surface area (Å²) in [5, 5.41) is 9.93. The molecule has 3 aliphatic rings. The fourth-order valence-corrected chi connectivity index (χ4v) is 2.86. The molecule has 13 nitrogen and oxygen atoms in total. The quantitative estimate of drug-likeness (QED) is 0.489. The van der Waals surface area contributed by atoms with Gasteiger partial charge in [-0.1, -0.05) is 0 Å². The van der Waals surface area contributed by atoms with Crippen LogP contribution in [0.4, 0.5) is 9.59 Å². The molecule has 0 unspecified atom stereocenters. The van der Waals surface area contributed by atoms with Crippen LogP contribution >= 0.6 is 7.82 Å². The summed E-state index contributed by atoms with van der Waals surface area (Å²) in [4.78, 5) is 61.8. The highest BCUT2D eigenvalue weighted by Gasteiger charge is 2.49. The molecule has 0 aliphatic carbocycles. The topological polar surface area (TPSA) is 179 Å². The molecule has 1 fully saturated rings. The summed E-state index contributed by atoms with van der Waals surface area (Å²) in [5.41, 5.74) is -0.319. The van der Waals surface area contributed by atoms with Crippen molar-refractivity contribution in [3.05, 3.63) is 0 Å². The average Bonchev–Trinajstić information content (AvgIpc) is 3.02. The van der Waals surface area contributed by atoms with Crippen LogP contribution in [0.1, 0.15) is 6.42 Å². The van der Waals surface area contributed by atoms with Crippen molar-refractivity contribution in [2.45, 2.75) is 24.9 Å². The number of hydrogen-bond acceptors (Lipinski definition) is 7. The van der Waals surface area contributed by atoms with Crippen molar-refractivity contribution < 1.29 is 43.1 Å². The molecule has 5 amide bonds. The Morgan fingerprint density at radius 2 is 1.96 bits per heavy atom. The molecule has 14 heteroatoms. The van der Waals surface area contributed by atoms with Crippen molar-refractivity contribution in [3.63, 3.8) is 0 Å². The Labute approximate surface area is 139 Å². The molecule has 0 aromatic heterocycles. The van der Waals surface area contributed by atoms with Gasteiger partial charge in [-0.2, -0.15) is 9.98 Å². The van der Waals surface area contributed by atoms with E-state index in [2.05, 4.69) is 14.5 Å². The predicted molar refractivity (Wildman–Crippen MR) is 77.6 cm³/mol. The number of phosphoric ester groups is 1. The Morgan fingerprint density at radius 3 is 2.60 bits per heavy atom. The molecule has 3 aliphatic heterocycles. The molecule has 0 bridgehead atoms. The molecule has 0 saturated carbocycles. The fraction of sp³-hybridized carbons (Fsp3) is 0.545. The maximum absolute atomic E-state index is 12.1. The number of nitrogens with zero attached hydrogens (tertiary/aromatic N) is 4. The van der Waals surface area contributed by atoms with Crippen molar-refractivity contribution in [1.29, 1.82) is 0 Å². The molecule has 1 saturated heterocycles. The second-order valence-corrected chi connectivity index (χ2v) is 6.65. The van der Waals surface area contributed by atoms with E-state index in [1.165, 1.54) is 7.05 Å². The SMILES string of the molecule is CN1C(=O)N=C2C(=NC(=O)N2[C@H]2C[C@H](O)[C@@H](COP(=O)(O)O)O2)C1=O. The number of urea groups is 2. The molecule has 3 rings (SSSR count). The minimum atomic E-state index is -4.76. The summed E-state index contributed by atoms with van der Waals surface area (Å²) < 4.78 is 20.4. The van der Waals surface area contributed by atoms with Gasteiger partial charge in [-0.25, -0.2) is 19.1 Å². The molecule has 0 radical (unpaired) electrons. The van der Waals surface area contributed by atoms with Crippen LogP contribution in [0, 0.1) is 0 Å². The van der Waals surface area contributed by atoms with Crippen LogP contribution in [0.3, 0.4) is 0 Å². The third-order valence-corrected chi connectivity index (χ3v) is 4.23. The summed E-state index contributed by atoms with van der Waals surface area (Å²) in [7, 11) is -3.58. The van der Waals surface area contributed by atoms with E-state index in [9.17, 15) is 24.1 Å². The van der Waals surface area contributed by atoms with Gasteiger partial charge in [-0.15, -0.1) is 0 Å². The van der Waals surface area contributed by atoms with E-state index in [0.29, 0.717) is 4.90 Å². The Bertz CT molecular complexity index is 759. The van der Waals surface area contributed by atoms with E-state index in [4.69, 9.17) is 14.5 Å². The van der Waals surface area contributed by atoms with Crippen LogP contribution in [0.25, 0.3) is 0 Å². The molecule has 0 aromatic rings. The van der Waals surface area contributed by atoms with Crippen LogP contribution in [0.2, 0.25) is 0 Å². The Morgan fingerprint density at radius 1 is 1.28 bits per heavy atom. The lowest BCUT2D eigenvalue weighted by molar-refractivity contribution is -0.120. The van der Waals surface area contributed by atoms with Crippen molar-refractivity contribution in [3.8, 4) is 0 Å². The zero-order valence-corrected chi connectivity index (χ0v) is 13.6. The van der Waals surface area contributed by atoms with E-state index < -0.39 is 50.8 Å². The first-order valence-corrected chi connectivity index (χ1v) is 8.48. The number of amidine groups is 1. The number of aliphatic hydroxyl groups excluding tert-OH is 1. The number of hydrogen-bond donors (Lipinski definition) is 3. The molecular formula is C11H13N4O9P. The highest BCUT2D eigenvalue weighted by Crippen LogP contribution is 2.37. The van der Waals surface area contributed by atoms with E-state index >= 15 is 0 Å². The molecule has 25 heavy (non-hydrogen) atoms. The monoisotopic (exact) mass is 376 g/mol. The fourth-order valence-electron chi connectivity index (χ4n) is 2.52. The third kappa shape index (κ3) is 3.25. The lowest BCUT2D eigenvalue weighted by Gasteiger charge is -2.26. The van der Waals surface area contributed by atoms with E-state index in [0.717, 1.165) is 4.90 Å². The third-order valence-electron chi connectivity index (χ3n) is 3.75. The molecule has 3 N–H and O–H groups in total. The minimum absolute atomic E-state index is 0.152. The van der Waals surface area contributed by atoms with Gasteiger partial charge in [0.05, 0.1) is 12.7 Å². The average molecular weight is 376 g/mol. The first-order valence-electron chi connectivity index (χ1n) is 6.95. The lowest BCUT2D eigenvalue weighted by atomic mass is 10.2. The van der Waals surface area contributed by atoms with Gasteiger partial charge >= 0.3 is 19.9 Å². The molecule has 136 valence electrons. The number of rotatable bonds is 4. The normalized spacial score (nSPS) is 29.9. The summed E-state index contributed by atoms with van der Waals surface area (Å²) in [6, 6.07) is -1.79. The smallest absolute Gasteiger partial charge is 0.390 e. The van der Waals surface area contributed by atoms with Crippen LogP contribution in [0.5, 0.6) is 0 Å². The number of ether oxygens (including phenoxy) is 1. The van der Waals surface area contributed by atoms with Crippen LogP contribution in [-0.4, -0.2) is 86.3 Å². The molecule has 0 aromatic carbocycles. The van der Waals surface area contributed by atoms with Crippen molar-refractivity contribution >= 4 is 37.3 Å². The Balaban J connectivity index is 1.78. The largest absolute Gasteiger partial charge is 0.469 e. The highest BCUT2D eigenvalue weighted by molar-refractivity contribution is 7.46. The number of carbonyl (C=O) groups excluding carboxylic acids is 3. The number of fused-ring (bicyclic) bond motifs is 1. The van der Waals surface area contributed by atoms with Gasteiger partial charge in [0.2, 0.25) is 0 Å². The minimum Gasteiger partial charge on any atom is -0.390 e. The Kier molecular flexibility index (Phi) is 4.31. The zero-order chi connectivity index (χ0) is 18.5. The van der Waals surface area contributed by atoms with E-state index in [-0.39, 0.29) is 18.0 Å². The predicted octanol–water partition coefficient (Wildman–Crippen LogP) is -1.56. The van der Waals surface area contributed by atoms with Gasteiger partial charge in [0.1, 0.15) is 12.3 Å². The van der Waals surface area contributed by atoms with Gasteiger partial charge in [0.25, 0.3) is 5.91 Å². The number of aliphatic imine (C=N–C) groups is 2. The summed E-state index contributed by atoms with van der Waals surface area (Å²) in [5.74, 6) is -1.09. The molecule has 3 atom stereocenters. The zero-order valence-electron chi connectivity index (χ0n) is 12.7. The number of phosphoric acid groups is 1. The second-order valence-electron chi connectivity index (χ2n) is 5.41. The second kappa shape index (κ2) is 6.05. The maximum atomic E-state index is 12.1. The van der Waals surface area contributed by atoms with Gasteiger partial charge in [0, 0.05) is 13.5 Å². The standard InChI is InChI=1S/C11H13N4O9P/c1-14-9(17)7-8(13-10(14)18)15(11(19)12-7)6-2-4(16)5(24-6)3-23-25(20,21)22/h4-6,16H,2-3H2,1H3,(H2,20,21,22)/t4-,5+,6+/m0/s1. The van der Waals surface area contributed by atoms with E-state index in [1.807, 2.05) is 0 Å². The van der Waals surface area contributed by atoms with E-state index in [1.54, 1.807) is 0 Å². The van der Waals surface area contributed by atoms with Crippen molar-refractivity contribution in [1.82, 2.24) is 9.80 Å². The first kappa shape index (κ1) is 17.8. The highest BCUT2D eigenvalue weighted by atomic mass is 31.2. The van der Waals surface area contributed by atoms with Gasteiger partial charge < -0.3 is 19.6 Å². The summed E-state index contributed by atoms with van der Waals surface area (Å²) in [6.07, 6.45) is -3.61. The maximum Gasteiger partial charge on any atom is 0.469 e. The summed E-state index contributed by atoms with van der Waals surface area (Å²) >= 11 is 0. The van der Waals surface area contributed by atoms with Gasteiger partial charge in [-0.05, 0) is 0 Å². The van der Waals surface area contributed by atoms with Gasteiger partial charge in [0.15, 0.2) is 11.5 Å². The number of imide groups is 1. The molecule has 3 heterocycles. The number of aliphatic hydroxyl groups is 1. The van der Waals surface area contributed by atoms with Crippen LogP contribution in [0.15, 0.2) is 9.98 Å². The van der Waals surface area contributed by atoms with Crippen LogP contribution in [-0.2, 0) is 18.6 Å². The lowest BCUT2D eigenvalue weighted by Crippen LogP contribution is -2.50. The van der Waals surface area contributed by atoms with Crippen molar-refractivity contribution in [2.75, 3.05) is 13.7 Å². The van der Waals surface area contributed by atoms with Crippen molar-refractivity contribution in [2.24, 2.45) is 9.98 Å².